The Labute approximate surface area is 122 Å². The number of anilines is 2. The number of carbonyl (C=O) groups is 1. The van der Waals surface area contributed by atoms with Crippen LogP contribution in [0, 0.1) is 24.1 Å². The number of halogens is 1. The normalized spacial score (nSPS) is 9.76. The van der Waals surface area contributed by atoms with E-state index in [4.69, 9.17) is 5.26 Å². The van der Waals surface area contributed by atoms with Gasteiger partial charge in [0.2, 0.25) is 5.91 Å². The fourth-order valence-electron chi connectivity index (χ4n) is 1.87. The maximum Gasteiger partial charge on any atom is 0.243 e. The lowest BCUT2D eigenvalue weighted by Gasteiger charge is -2.10. The lowest BCUT2D eigenvalue weighted by molar-refractivity contribution is -0.114. The number of nitrogens with zero attached hydrogens (tertiary/aromatic N) is 1. The molecule has 0 heterocycles. The molecule has 0 unspecified atom stereocenters. The number of amides is 1. The molecule has 2 N–H and O–H groups in total. The third-order valence-corrected chi connectivity index (χ3v) is 2.90. The van der Waals surface area contributed by atoms with Crippen molar-refractivity contribution in [2.45, 2.75) is 6.92 Å². The number of nitriles is 1. The van der Waals surface area contributed by atoms with Crippen LogP contribution in [0.2, 0.25) is 0 Å². The van der Waals surface area contributed by atoms with E-state index in [-0.39, 0.29) is 18.3 Å². The molecule has 1 amide bonds. The van der Waals surface area contributed by atoms with Crippen molar-refractivity contribution in [1.82, 2.24) is 0 Å². The van der Waals surface area contributed by atoms with Gasteiger partial charge in [-0.05, 0) is 48.9 Å². The molecule has 2 rings (SSSR count). The number of carbonyl (C=O) groups excluding carboxylic acids is 1. The van der Waals surface area contributed by atoms with E-state index in [0.29, 0.717) is 16.9 Å². The largest absolute Gasteiger partial charge is 0.376 e. The number of benzene rings is 2. The van der Waals surface area contributed by atoms with Crippen LogP contribution in [0.25, 0.3) is 0 Å². The highest BCUT2D eigenvalue weighted by atomic mass is 19.1. The van der Waals surface area contributed by atoms with Crippen LogP contribution in [0.3, 0.4) is 0 Å². The van der Waals surface area contributed by atoms with Gasteiger partial charge >= 0.3 is 0 Å². The average Bonchev–Trinajstić information content (AvgIpc) is 2.46. The van der Waals surface area contributed by atoms with Crippen LogP contribution in [-0.2, 0) is 4.79 Å². The molecule has 106 valence electrons. The molecule has 2 aromatic carbocycles. The summed E-state index contributed by atoms with van der Waals surface area (Å²) >= 11 is 0. The average molecular weight is 283 g/mol. The van der Waals surface area contributed by atoms with Crippen molar-refractivity contribution in [1.29, 1.82) is 5.26 Å². The lowest BCUT2D eigenvalue weighted by atomic mass is 10.2. The minimum atomic E-state index is -0.309. The van der Waals surface area contributed by atoms with Crippen molar-refractivity contribution in [2.75, 3.05) is 17.2 Å². The zero-order valence-electron chi connectivity index (χ0n) is 11.5. The second-order valence-electron chi connectivity index (χ2n) is 4.55. The van der Waals surface area contributed by atoms with Gasteiger partial charge < -0.3 is 10.6 Å². The maximum atomic E-state index is 13.0. The fourth-order valence-corrected chi connectivity index (χ4v) is 1.87. The Morgan fingerprint density at radius 2 is 2.10 bits per heavy atom. The van der Waals surface area contributed by atoms with Crippen LogP contribution >= 0.6 is 0 Å². The van der Waals surface area contributed by atoms with E-state index in [1.807, 2.05) is 6.07 Å². The summed E-state index contributed by atoms with van der Waals surface area (Å²) in [6.45, 7) is 1.82. The summed E-state index contributed by atoms with van der Waals surface area (Å²) in [4.78, 5) is 11.8. The zero-order valence-corrected chi connectivity index (χ0v) is 11.5. The Morgan fingerprint density at radius 1 is 1.29 bits per heavy atom. The van der Waals surface area contributed by atoms with Crippen LogP contribution < -0.4 is 10.6 Å². The molecule has 0 saturated carbocycles. The molecular formula is C16H14FN3O. The molecule has 0 aliphatic rings. The van der Waals surface area contributed by atoms with Gasteiger partial charge in [0.1, 0.15) is 5.82 Å². The molecule has 0 radical (unpaired) electrons. The van der Waals surface area contributed by atoms with Gasteiger partial charge in [-0.25, -0.2) is 4.39 Å². The highest BCUT2D eigenvalue weighted by Gasteiger charge is 2.05. The first kappa shape index (κ1) is 14.5. The maximum absolute atomic E-state index is 13.0. The van der Waals surface area contributed by atoms with E-state index in [1.165, 1.54) is 12.1 Å². The molecule has 21 heavy (non-hydrogen) atoms. The summed E-state index contributed by atoms with van der Waals surface area (Å²) in [6.07, 6.45) is 0. The molecule has 4 nitrogen and oxygen atoms in total. The molecule has 0 aliphatic heterocycles. The van der Waals surface area contributed by atoms with Gasteiger partial charge in [-0.1, -0.05) is 6.07 Å². The standard InChI is InChI=1S/C16H14FN3O/c1-11-7-13(17)5-6-15(11)19-10-16(21)20-14-4-2-3-12(8-14)9-18/h2-8,19H,10H2,1H3,(H,20,21). The number of nitrogens with one attached hydrogen (secondary N) is 2. The number of rotatable bonds is 4. The van der Waals surface area contributed by atoms with Gasteiger partial charge in [0.15, 0.2) is 0 Å². The molecular weight excluding hydrogens is 269 g/mol. The molecule has 0 fully saturated rings. The summed E-state index contributed by atoms with van der Waals surface area (Å²) in [5.74, 6) is -0.551. The summed E-state index contributed by atoms with van der Waals surface area (Å²) in [5, 5.41) is 14.4. The smallest absolute Gasteiger partial charge is 0.243 e. The third-order valence-electron chi connectivity index (χ3n) is 2.90. The highest BCUT2D eigenvalue weighted by molar-refractivity contribution is 5.93. The van der Waals surface area contributed by atoms with Crippen molar-refractivity contribution in [3.05, 3.63) is 59.4 Å². The molecule has 5 heteroatoms. The number of hydrogen-bond acceptors (Lipinski definition) is 3. The summed E-state index contributed by atoms with van der Waals surface area (Å²) in [7, 11) is 0. The van der Waals surface area contributed by atoms with Gasteiger partial charge in [0, 0.05) is 11.4 Å². The molecule has 0 atom stereocenters. The van der Waals surface area contributed by atoms with Crippen molar-refractivity contribution in [3.8, 4) is 6.07 Å². The minimum Gasteiger partial charge on any atom is -0.376 e. The highest BCUT2D eigenvalue weighted by Crippen LogP contribution is 2.15. The second kappa shape index (κ2) is 6.53. The minimum absolute atomic E-state index is 0.0588. The van der Waals surface area contributed by atoms with Crippen LogP contribution in [0.15, 0.2) is 42.5 Å². The Balaban J connectivity index is 1.94. The van der Waals surface area contributed by atoms with E-state index < -0.39 is 0 Å². The SMILES string of the molecule is Cc1cc(F)ccc1NCC(=O)Nc1cccc(C#N)c1. The quantitative estimate of drug-likeness (QED) is 0.906. The monoisotopic (exact) mass is 283 g/mol. The van der Waals surface area contributed by atoms with Crippen LogP contribution in [0.5, 0.6) is 0 Å². The van der Waals surface area contributed by atoms with Gasteiger partial charge in [-0.2, -0.15) is 5.26 Å². The third kappa shape index (κ3) is 4.05. The Morgan fingerprint density at radius 3 is 2.81 bits per heavy atom. The van der Waals surface area contributed by atoms with Gasteiger partial charge in [-0.15, -0.1) is 0 Å². The molecule has 0 aromatic heterocycles. The Hall–Kier alpha value is -2.87. The Kier molecular flexibility index (Phi) is 4.52. The second-order valence-corrected chi connectivity index (χ2v) is 4.55. The van der Waals surface area contributed by atoms with Gasteiger partial charge in [0.05, 0.1) is 18.2 Å². The summed E-state index contributed by atoms with van der Waals surface area (Å²) in [6, 6.07) is 13.0. The number of hydrogen-bond donors (Lipinski definition) is 2. The summed E-state index contributed by atoms with van der Waals surface area (Å²) in [5.41, 5.74) is 2.48. The van der Waals surface area contributed by atoms with E-state index in [0.717, 1.165) is 5.56 Å². The first-order valence-electron chi connectivity index (χ1n) is 6.38. The topological polar surface area (TPSA) is 64.9 Å². The Bertz CT molecular complexity index is 707. The van der Waals surface area contributed by atoms with Gasteiger partial charge in [0.25, 0.3) is 0 Å². The van der Waals surface area contributed by atoms with Crippen molar-refractivity contribution >= 4 is 17.3 Å². The van der Waals surface area contributed by atoms with Crippen LogP contribution in [0.4, 0.5) is 15.8 Å². The number of aryl methyl sites for hydroxylation is 1. The lowest BCUT2D eigenvalue weighted by Crippen LogP contribution is -2.22. The fraction of sp³-hybridized carbons (Fsp3) is 0.125. The van der Waals surface area contributed by atoms with Crippen molar-refractivity contribution in [3.63, 3.8) is 0 Å². The van der Waals surface area contributed by atoms with Crippen molar-refractivity contribution < 1.29 is 9.18 Å². The molecule has 0 saturated heterocycles. The van der Waals surface area contributed by atoms with Crippen LogP contribution in [-0.4, -0.2) is 12.5 Å². The van der Waals surface area contributed by atoms with E-state index >= 15 is 0 Å². The predicted octanol–water partition coefficient (Wildman–Crippen LogP) is 3.06. The van der Waals surface area contributed by atoms with E-state index in [2.05, 4.69) is 10.6 Å². The predicted molar refractivity (Wildman–Crippen MR) is 79.4 cm³/mol. The summed E-state index contributed by atoms with van der Waals surface area (Å²) < 4.78 is 13.0. The first-order chi connectivity index (χ1) is 10.1. The molecule has 0 aliphatic carbocycles. The van der Waals surface area contributed by atoms with E-state index in [9.17, 15) is 9.18 Å². The van der Waals surface area contributed by atoms with Crippen LogP contribution in [0.1, 0.15) is 11.1 Å². The molecule has 0 spiro atoms. The molecule has 0 bridgehead atoms. The zero-order chi connectivity index (χ0) is 15.2. The van der Waals surface area contributed by atoms with Crippen molar-refractivity contribution in [2.24, 2.45) is 0 Å². The van der Waals surface area contributed by atoms with Gasteiger partial charge in [-0.3, -0.25) is 4.79 Å². The molecule has 2 aromatic rings. The first-order valence-corrected chi connectivity index (χ1v) is 6.38. The van der Waals surface area contributed by atoms with E-state index in [1.54, 1.807) is 37.3 Å².